The molecule has 3 rings (SSSR count). The van der Waals surface area contributed by atoms with Gasteiger partial charge in [0.15, 0.2) is 0 Å². The minimum atomic E-state index is -0.314. The van der Waals surface area contributed by atoms with Gasteiger partial charge in [0.25, 0.3) is 5.91 Å². The topological polar surface area (TPSA) is 46.1 Å². The van der Waals surface area contributed by atoms with Crippen LogP contribution < -0.4 is 10.6 Å². The number of anilines is 2. The second kappa shape index (κ2) is 3.66. The molecule has 1 aromatic heterocycles. The van der Waals surface area contributed by atoms with Crippen LogP contribution in [-0.4, -0.2) is 10.5 Å². The van der Waals surface area contributed by atoms with Crippen LogP contribution in [0.2, 0.25) is 0 Å². The summed E-state index contributed by atoms with van der Waals surface area (Å²) in [6.07, 6.45) is 1.92. The highest BCUT2D eigenvalue weighted by Crippen LogP contribution is 2.32. The fraction of sp³-hybridized carbons (Fsp3) is 0.154. The average Bonchev–Trinajstić information content (AvgIpc) is 2.71. The van der Waals surface area contributed by atoms with Gasteiger partial charge in [0.1, 0.15) is 11.9 Å². The lowest BCUT2D eigenvalue weighted by atomic mass is 10.0. The van der Waals surface area contributed by atoms with Crippen LogP contribution in [0.5, 0.6) is 0 Å². The molecule has 0 aliphatic carbocycles. The van der Waals surface area contributed by atoms with E-state index in [2.05, 4.69) is 10.6 Å². The van der Waals surface area contributed by atoms with E-state index in [1.807, 2.05) is 54.2 Å². The largest absolute Gasteiger partial charge is 0.367 e. The van der Waals surface area contributed by atoms with Gasteiger partial charge in [-0.05, 0) is 11.6 Å². The van der Waals surface area contributed by atoms with Crippen molar-refractivity contribution in [3.63, 3.8) is 0 Å². The van der Waals surface area contributed by atoms with E-state index in [9.17, 15) is 4.79 Å². The van der Waals surface area contributed by atoms with Crippen LogP contribution in [0.15, 0.2) is 42.6 Å². The summed E-state index contributed by atoms with van der Waals surface area (Å²) < 4.78 is 1.89. The molecule has 0 saturated heterocycles. The highest BCUT2D eigenvalue weighted by molar-refractivity contribution is 6.02. The third kappa shape index (κ3) is 1.58. The van der Waals surface area contributed by atoms with Gasteiger partial charge in [-0.3, -0.25) is 4.79 Å². The molecule has 1 aliphatic rings. The number of fused-ring (bicyclic) bond motifs is 1. The predicted octanol–water partition coefficient (Wildman–Crippen LogP) is 2.13. The van der Waals surface area contributed by atoms with Crippen molar-refractivity contribution in [1.29, 1.82) is 0 Å². The Morgan fingerprint density at radius 1 is 1.18 bits per heavy atom. The maximum absolute atomic E-state index is 12.0. The van der Waals surface area contributed by atoms with Gasteiger partial charge in [-0.25, -0.2) is 0 Å². The third-order valence-corrected chi connectivity index (χ3v) is 3.01. The summed E-state index contributed by atoms with van der Waals surface area (Å²) in [7, 11) is 1.91. The summed E-state index contributed by atoms with van der Waals surface area (Å²) in [5.74, 6) is 0.799. The molecule has 2 N–H and O–H groups in total. The number of hydrogen-bond donors (Lipinski definition) is 2. The van der Waals surface area contributed by atoms with Crippen molar-refractivity contribution in [1.82, 2.24) is 4.57 Å². The second-order valence-corrected chi connectivity index (χ2v) is 4.17. The van der Waals surface area contributed by atoms with Crippen molar-refractivity contribution in [2.75, 3.05) is 10.6 Å². The molecule has 0 fully saturated rings. The second-order valence-electron chi connectivity index (χ2n) is 4.17. The maximum atomic E-state index is 12.0. The number of amides is 1. The van der Waals surface area contributed by atoms with Crippen molar-refractivity contribution in [3.8, 4) is 0 Å². The number of nitrogens with one attached hydrogen (secondary N) is 2. The molecule has 86 valence electrons. The summed E-state index contributed by atoms with van der Waals surface area (Å²) in [5, 5.41) is 6.17. The minimum Gasteiger partial charge on any atom is -0.367 e. The van der Waals surface area contributed by atoms with E-state index in [4.69, 9.17) is 0 Å². The number of carbonyl (C=O) groups excluding carboxylic acids is 1. The van der Waals surface area contributed by atoms with E-state index in [1.165, 1.54) is 0 Å². The highest BCUT2D eigenvalue weighted by atomic mass is 16.2. The Morgan fingerprint density at radius 2 is 1.94 bits per heavy atom. The van der Waals surface area contributed by atoms with Gasteiger partial charge in [-0.15, -0.1) is 0 Å². The number of aryl methyl sites for hydroxylation is 1. The maximum Gasteiger partial charge on any atom is 0.252 e. The van der Waals surface area contributed by atoms with Gasteiger partial charge < -0.3 is 15.2 Å². The molecule has 4 nitrogen and oxygen atoms in total. The van der Waals surface area contributed by atoms with E-state index in [-0.39, 0.29) is 11.9 Å². The summed E-state index contributed by atoms with van der Waals surface area (Å²) in [6.45, 7) is 0. The molecule has 4 heteroatoms. The Labute approximate surface area is 99.3 Å². The van der Waals surface area contributed by atoms with Gasteiger partial charge in [0.05, 0.1) is 5.69 Å². The van der Waals surface area contributed by atoms with Crippen LogP contribution in [0.1, 0.15) is 11.6 Å². The number of aromatic nitrogens is 1. The molecule has 0 saturated carbocycles. The predicted molar refractivity (Wildman–Crippen MR) is 66.8 cm³/mol. The molecule has 0 radical (unpaired) electrons. The molecule has 1 aliphatic heterocycles. The Hall–Kier alpha value is -2.23. The van der Waals surface area contributed by atoms with Crippen LogP contribution >= 0.6 is 0 Å². The molecule has 0 bridgehead atoms. The Kier molecular flexibility index (Phi) is 2.14. The van der Waals surface area contributed by atoms with Gasteiger partial charge in [0, 0.05) is 13.2 Å². The lowest BCUT2D eigenvalue weighted by molar-refractivity contribution is -0.117. The van der Waals surface area contributed by atoms with Gasteiger partial charge in [0.2, 0.25) is 0 Å². The average molecular weight is 227 g/mol. The van der Waals surface area contributed by atoms with Crippen molar-refractivity contribution in [3.05, 3.63) is 48.2 Å². The first-order valence-corrected chi connectivity index (χ1v) is 5.53. The summed E-state index contributed by atoms with van der Waals surface area (Å²) in [6, 6.07) is 11.4. The monoisotopic (exact) mass is 227 g/mol. The molecule has 17 heavy (non-hydrogen) atoms. The van der Waals surface area contributed by atoms with Crippen molar-refractivity contribution < 1.29 is 4.79 Å². The number of rotatable bonds is 1. The Balaban J connectivity index is 1.98. The van der Waals surface area contributed by atoms with E-state index in [0.29, 0.717) is 0 Å². The Morgan fingerprint density at radius 3 is 2.71 bits per heavy atom. The standard InChI is InChI=1S/C13H13N3O/c1-16-8-7-10-12(16)15-13(17)11(14-10)9-5-3-2-4-6-9/h2-8,11,14H,1H3,(H,15,17). The van der Waals surface area contributed by atoms with Crippen molar-refractivity contribution in [2.45, 2.75) is 6.04 Å². The van der Waals surface area contributed by atoms with E-state index in [1.54, 1.807) is 0 Å². The summed E-state index contributed by atoms with van der Waals surface area (Å²) in [4.78, 5) is 12.0. The highest BCUT2D eigenvalue weighted by Gasteiger charge is 2.27. The van der Waals surface area contributed by atoms with E-state index >= 15 is 0 Å². The van der Waals surface area contributed by atoms with Crippen LogP contribution in [0.3, 0.4) is 0 Å². The lowest BCUT2D eigenvalue weighted by Crippen LogP contribution is -2.32. The van der Waals surface area contributed by atoms with Gasteiger partial charge >= 0.3 is 0 Å². The number of hydrogen-bond acceptors (Lipinski definition) is 2. The van der Waals surface area contributed by atoms with Gasteiger partial charge in [-0.2, -0.15) is 0 Å². The normalized spacial score (nSPS) is 18.2. The summed E-state index contributed by atoms with van der Waals surface area (Å²) in [5.41, 5.74) is 1.93. The summed E-state index contributed by atoms with van der Waals surface area (Å²) >= 11 is 0. The van der Waals surface area contributed by atoms with E-state index in [0.717, 1.165) is 17.1 Å². The molecular formula is C13H13N3O. The minimum absolute atomic E-state index is 0.0227. The number of benzene rings is 1. The molecule has 1 unspecified atom stereocenters. The molecular weight excluding hydrogens is 214 g/mol. The molecule has 1 aromatic carbocycles. The molecule has 1 amide bonds. The molecule has 2 aromatic rings. The van der Waals surface area contributed by atoms with Crippen LogP contribution in [-0.2, 0) is 11.8 Å². The smallest absolute Gasteiger partial charge is 0.252 e. The fourth-order valence-corrected chi connectivity index (χ4v) is 2.09. The first-order valence-electron chi connectivity index (χ1n) is 5.53. The molecule has 2 heterocycles. The quantitative estimate of drug-likeness (QED) is 0.784. The molecule has 1 atom stereocenters. The SMILES string of the molecule is Cn1ccc2c1NC(=O)C(c1ccccc1)N2. The van der Waals surface area contributed by atoms with Crippen LogP contribution in [0, 0.1) is 0 Å². The lowest BCUT2D eigenvalue weighted by Gasteiger charge is -2.25. The van der Waals surface area contributed by atoms with Crippen LogP contribution in [0.4, 0.5) is 11.5 Å². The number of carbonyl (C=O) groups is 1. The fourth-order valence-electron chi connectivity index (χ4n) is 2.09. The number of nitrogens with zero attached hydrogens (tertiary/aromatic N) is 1. The van der Waals surface area contributed by atoms with Crippen molar-refractivity contribution in [2.24, 2.45) is 7.05 Å². The Bertz CT molecular complexity index is 559. The first-order chi connectivity index (χ1) is 8.25. The zero-order valence-electron chi connectivity index (χ0n) is 9.47. The zero-order valence-corrected chi connectivity index (χ0v) is 9.47. The molecule has 0 spiro atoms. The van der Waals surface area contributed by atoms with Crippen molar-refractivity contribution >= 4 is 17.4 Å². The zero-order chi connectivity index (χ0) is 11.8. The van der Waals surface area contributed by atoms with Gasteiger partial charge in [-0.1, -0.05) is 30.3 Å². The van der Waals surface area contributed by atoms with Crippen LogP contribution in [0.25, 0.3) is 0 Å². The van der Waals surface area contributed by atoms with E-state index < -0.39 is 0 Å². The first kappa shape index (κ1) is 9.96. The third-order valence-electron chi connectivity index (χ3n) is 3.01.